The van der Waals surface area contributed by atoms with Gasteiger partial charge < -0.3 is 19.3 Å². The van der Waals surface area contributed by atoms with E-state index in [1.807, 2.05) is 30.3 Å². The molecule has 0 saturated heterocycles. The van der Waals surface area contributed by atoms with Crippen molar-refractivity contribution in [1.82, 2.24) is 10.5 Å². The van der Waals surface area contributed by atoms with Gasteiger partial charge in [-0.3, -0.25) is 4.79 Å². The zero-order valence-corrected chi connectivity index (χ0v) is 15.4. The van der Waals surface area contributed by atoms with Gasteiger partial charge in [0, 0.05) is 31.0 Å². The van der Waals surface area contributed by atoms with Gasteiger partial charge in [-0.15, -0.1) is 0 Å². The van der Waals surface area contributed by atoms with Gasteiger partial charge in [-0.2, -0.15) is 0 Å². The van der Waals surface area contributed by atoms with E-state index < -0.39 is 0 Å². The zero-order valence-electron chi connectivity index (χ0n) is 15.4. The van der Waals surface area contributed by atoms with Crippen LogP contribution in [-0.4, -0.2) is 30.8 Å². The molecule has 3 heterocycles. The summed E-state index contributed by atoms with van der Waals surface area (Å²) in [4.78, 5) is 12.4. The first-order valence-corrected chi connectivity index (χ1v) is 9.52. The van der Waals surface area contributed by atoms with Crippen LogP contribution in [0.5, 0.6) is 11.5 Å². The maximum Gasteiger partial charge on any atom is 0.289 e. The summed E-state index contributed by atoms with van der Waals surface area (Å²) in [7, 11) is 0. The normalized spacial score (nSPS) is 14.1. The number of nitrogens with zero attached hydrogens (tertiary/aromatic N) is 1. The average molecular weight is 376 g/mol. The Labute approximate surface area is 162 Å². The Morgan fingerprint density at radius 3 is 2.54 bits per heavy atom. The van der Waals surface area contributed by atoms with Crippen LogP contribution >= 0.6 is 0 Å². The minimum absolute atomic E-state index is 0.217. The molecule has 0 spiro atoms. The third-order valence-corrected chi connectivity index (χ3v) is 5.17. The lowest BCUT2D eigenvalue weighted by molar-refractivity contribution is 0.0917. The highest BCUT2D eigenvalue weighted by molar-refractivity contribution is 5.92. The van der Waals surface area contributed by atoms with E-state index in [1.165, 1.54) is 11.1 Å². The second-order valence-corrected chi connectivity index (χ2v) is 7.04. The molecule has 6 nitrogen and oxygen atoms in total. The molecule has 1 amide bonds. The molecule has 5 rings (SSSR count). The molecule has 0 unspecified atom stereocenters. The highest BCUT2D eigenvalue weighted by atomic mass is 16.5. The first-order valence-electron chi connectivity index (χ1n) is 9.52. The van der Waals surface area contributed by atoms with E-state index in [4.69, 9.17) is 14.0 Å². The van der Waals surface area contributed by atoms with Crippen molar-refractivity contribution in [2.24, 2.45) is 0 Å². The summed E-state index contributed by atoms with van der Waals surface area (Å²) < 4.78 is 16.3. The van der Waals surface area contributed by atoms with Crippen molar-refractivity contribution in [3.63, 3.8) is 0 Å². The second kappa shape index (κ2) is 7.03. The standard InChI is InChI=1S/C22H20N2O4/c25-22(23-8-5-14-1-3-19-16(11-14)6-9-26-19)21-13-18(24-28-21)15-2-4-20-17(12-15)7-10-27-20/h1-4,11-13H,5-10H2,(H,23,25). The summed E-state index contributed by atoms with van der Waals surface area (Å²) in [5.74, 6) is 1.85. The van der Waals surface area contributed by atoms with E-state index in [0.29, 0.717) is 18.8 Å². The molecule has 2 aliphatic rings. The Bertz CT molecular complexity index is 1040. The first kappa shape index (κ1) is 16.9. The summed E-state index contributed by atoms with van der Waals surface area (Å²) >= 11 is 0. The van der Waals surface area contributed by atoms with Gasteiger partial charge in [0.1, 0.15) is 17.2 Å². The molecule has 2 aliphatic heterocycles. The Balaban J connectivity index is 1.20. The van der Waals surface area contributed by atoms with Crippen molar-refractivity contribution in [3.05, 3.63) is 64.9 Å². The Hall–Kier alpha value is -3.28. The highest BCUT2D eigenvalue weighted by Crippen LogP contribution is 2.30. The molecule has 1 N–H and O–H groups in total. The van der Waals surface area contributed by atoms with E-state index in [9.17, 15) is 4.79 Å². The summed E-state index contributed by atoms with van der Waals surface area (Å²) in [6, 6.07) is 13.8. The monoisotopic (exact) mass is 376 g/mol. The van der Waals surface area contributed by atoms with Gasteiger partial charge in [0.25, 0.3) is 5.91 Å². The van der Waals surface area contributed by atoms with E-state index in [1.54, 1.807) is 6.07 Å². The van der Waals surface area contributed by atoms with Gasteiger partial charge in [-0.25, -0.2) is 0 Å². The van der Waals surface area contributed by atoms with Gasteiger partial charge in [-0.05, 0) is 47.4 Å². The molecule has 3 aromatic rings. The first-order chi connectivity index (χ1) is 13.8. The molecule has 0 atom stereocenters. The number of carbonyl (C=O) groups is 1. The number of nitrogens with one attached hydrogen (secondary N) is 1. The number of aromatic nitrogens is 1. The third-order valence-electron chi connectivity index (χ3n) is 5.17. The summed E-state index contributed by atoms with van der Waals surface area (Å²) in [6.07, 6.45) is 2.60. The predicted octanol–water partition coefficient (Wildman–Crippen LogP) is 3.18. The fourth-order valence-corrected chi connectivity index (χ4v) is 3.67. The number of carbonyl (C=O) groups excluding carboxylic acids is 1. The molecule has 142 valence electrons. The number of hydrogen-bond donors (Lipinski definition) is 1. The number of amides is 1. The lowest BCUT2D eigenvalue weighted by Gasteiger charge is -2.05. The lowest BCUT2D eigenvalue weighted by atomic mass is 10.1. The van der Waals surface area contributed by atoms with Crippen LogP contribution in [0.2, 0.25) is 0 Å². The summed E-state index contributed by atoms with van der Waals surface area (Å²) in [5, 5.41) is 6.95. The Morgan fingerprint density at radius 1 is 0.964 bits per heavy atom. The van der Waals surface area contributed by atoms with Gasteiger partial charge in [-0.1, -0.05) is 17.3 Å². The molecule has 28 heavy (non-hydrogen) atoms. The van der Waals surface area contributed by atoms with E-state index in [-0.39, 0.29) is 11.7 Å². The van der Waals surface area contributed by atoms with Gasteiger partial charge >= 0.3 is 0 Å². The van der Waals surface area contributed by atoms with Crippen LogP contribution in [0.15, 0.2) is 47.0 Å². The Kier molecular flexibility index (Phi) is 4.24. The van der Waals surface area contributed by atoms with Crippen molar-refractivity contribution in [2.75, 3.05) is 19.8 Å². The molecule has 0 aliphatic carbocycles. The van der Waals surface area contributed by atoms with Gasteiger partial charge in [0.2, 0.25) is 5.76 Å². The molecular formula is C22H20N2O4. The van der Waals surface area contributed by atoms with Crippen molar-refractivity contribution in [1.29, 1.82) is 0 Å². The molecule has 0 saturated carbocycles. The van der Waals surface area contributed by atoms with Gasteiger partial charge in [0.15, 0.2) is 0 Å². The smallest absolute Gasteiger partial charge is 0.289 e. The number of rotatable bonds is 5. The summed E-state index contributed by atoms with van der Waals surface area (Å²) in [6.45, 7) is 1.99. The van der Waals surface area contributed by atoms with E-state index in [0.717, 1.165) is 48.5 Å². The fourth-order valence-electron chi connectivity index (χ4n) is 3.67. The van der Waals surface area contributed by atoms with Crippen LogP contribution in [0.25, 0.3) is 11.3 Å². The molecule has 2 aromatic carbocycles. The maximum atomic E-state index is 12.4. The lowest BCUT2D eigenvalue weighted by Crippen LogP contribution is -2.25. The quantitative estimate of drug-likeness (QED) is 0.740. The van der Waals surface area contributed by atoms with Crippen LogP contribution in [0.3, 0.4) is 0 Å². The molecule has 0 fully saturated rings. The van der Waals surface area contributed by atoms with Crippen LogP contribution in [0.1, 0.15) is 27.2 Å². The predicted molar refractivity (Wildman–Crippen MR) is 103 cm³/mol. The molecule has 0 radical (unpaired) electrons. The molecular weight excluding hydrogens is 356 g/mol. The second-order valence-electron chi connectivity index (χ2n) is 7.04. The maximum absolute atomic E-state index is 12.4. The van der Waals surface area contributed by atoms with E-state index in [2.05, 4.69) is 16.5 Å². The molecule has 6 heteroatoms. The number of benzene rings is 2. The number of fused-ring (bicyclic) bond motifs is 2. The fraction of sp³-hybridized carbons (Fsp3) is 0.273. The molecule has 1 aromatic heterocycles. The van der Waals surface area contributed by atoms with Crippen molar-refractivity contribution >= 4 is 5.91 Å². The highest BCUT2D eigenvalue weighted by Gasteiger charge is 2.17. The largest absolute Gasteiger partial charge is 0.493 e. The number of hydrogen-bond acceptors (Lipinski definition) is 5. The van der Waals surface area contributed by atoms with Crippen LogP contribution < -0.4 is 14.8 Å². The molecule has 0 bridgehead atoms. The average Bonchev–Trinajstić information content (AvgIpc) is 3.46. The topological polar surface area (TPSA) is 73.6 Å². The minimum Gasteiger partial charge on any atom is -0.493 e. The van der Waals surface area contributed by atoms with Gasteiger partial charge in [0.05, 0.1) is 13.2 Å². The zero-order chi connectivity index (χ0) is 18.9. The Morgan fingerprint density at radius 2 is 1.71 bits per heavy atom. The van der Waals surface area contributed by atoms with Crippen molar-refractivity contribution in [3.8, 4) is 22.8 Å². The van der Waals surface area contributed by atoms with Crippen LogP contribution in [0, 0.1) is 0 Å². The number of ether oxygens (including phenoxy) is 2. The van der Waals surface area contributed by atoms with Crippen LogP contribution in [-0.2, 0) is 19.3 Å². The van der Waals surface area contributed by atoms with Crippen molar-refractivity contribution < 1.29 is 18.8 Å². The minimum atomic E-state index is -0.257. The van der Waals surface area contributed by atoms with Crippen LogP contribution in [0.4, 0.5) is 0 Å². The third kappa shape index (κ3) is 3.22. The SMILES string of the molecule is O=C(NCCc1ccc2c(c1)CCO2)c1cc(-c2ccc3c(c2)CCO3)no1. The van der Waals surface area contributed by atoms with E-state index >= 15 is 0 Å². The van der Waals surface area contributed by atoms with Crippen molar-refractivity contribution in [2.45, 2.75) is 19.3 Å². The summed E-state index contributed by atoms with van der Waals surface area (Å²) in [5.41, 5.74) is 5.16.